The molecule has 12 nitrogen and oxygen atoms in total. The number of sulfone groups is 1. The average molecular weight is 653 g/mol. The van der Waals surface area contributed by atoms with Gasteiger partial charge in [0.05, 0.1) is 29.4 Å². The largest absolute Gasteiger partial charge is 0.479 e. The van der Waals surface area contributed by atoms with Crippen LogP contribution in [0.5, 0.6) is 0 Å². The van der Waals surface area contributed by atoms with E-state index < -0.39 is 62.9 Å². The molecule has 46 heavy (non-hydrogen) atoms. The van der Waals surface area contributed by atoms with Crippen LogP contribution in [-0.2, 0) is 34.5 Å². The number of aliphatic carboxylic acids is 1. The number of carbonyl (C=O) groups excluding carboxylic acids is 3. The summed E-state index contributed by atoms with van der Waals surface area (Å²) in [5.74, 6) is -2.84. The zero-order chi connectivity index (χ0) is 33.1. The van der Waals surface area contributed by atoms with Gasteiger partial charge in [-0.1, -0.05) is 54.6 Å². The number of carboxylic acid groups (broad SMARTS) is 1. The van der Waals surface area contributed by atoms with Crippen LogP contribution in [0.2, 0.25) is 0 Å². The van der Waals surface area contributed by atoms with Gasteiger partial charge >= 0.3 is 12.0 Å². The number of hydrogen-bond acceptors (Lipinski definition) is 8. The van der Waals surface area contributed by atoms with E-state index in [1.54, 1.807) is 18.2 Å². The van der Waals surface area contributed by atoms with Gasteiger partial charge in [-0.15, -0.1) is 0 Å². The van der Waals surface area contributed by atoms with Crippen molar-refractivity contribution < 1.29 is 41.8 Å². The fourth-order valence-corrected chi connectivity index (χ4v) is 8.33. The quantitative estimate of drug-likeness (QED) is 0.278. The summed E-state index contributed by atoms with van der Waals surface area (Å²) in [6, 6.07) is 15.1. The van der Waals surface area contributed by atoms with Crippen molar-refractivity contribution in [3.05, 3.63) is 95.8 Å². The van der Waals surface area contributed by atoms with Gasteiger partial charge in [-0.3, -0.25) is 4.79 Å². The Morgan fingerprint density at radius 1 is 1.00 bits per heavy atom. The SMILES string of the molecule is NC(=O)NC(CC=O)(C(=O)O)c1ccccc1N1C(C(=O)N2CCOCC2)CC(S(=O)(=O)c2ccccc2)C1c1ccccc1F. The van der Waals surface area contributed by atoms with Crippen molar-refractivity contribution >= 4 is 39.7 Å². The molecule has 3 aromatic carbocycles. The van der Waals surface area contributed by atoms with E-state index in [1.807, 2.05) is 0 Å². The average Bonchev–Trinajstić information content (AvgIpc) is 3.46. The van der Waals surface area contributed by atoms with E-state index in [4.69, 9.17) is 10.5 Å². The molecule has 2 heterocycles. The summed E-state index contributed by atoms with van der Waals surface area (Å²) in [7, 11) is -4.25. The molecule has 14 heteroatoms. The molecule has 0 bridgehead atoms. The molecule has 0 aliphatic carbocycles. The van der Waals surface area contributed by atoms with Crippen molar-refractivity contribution in [2.75, 3.05) is 31.2 Å². The second-order valence-electron chi connectivity index (χ2n) is 11.0. The summed E-state index contributed by atoms with van der Waals surface area (Å²) in [6.07, 6.45) is -0.732. The van der Waals surface area contributed by atoms with Crippen molar-refractivity contribution in [1.82, 2.24) is 10.2 Å². The summed E-state index contributed by atoms with van der Waals surface area (Å²) in [5.41, 5.74) is 2.80. The molecule has 0 radical (unpaired) electrons. The highest BCUT2D eigenvalue weighted by Crippen LogP contribution is 2.48. The maximum absolute atomic E-state index is 15.8. The van der Waals surface area contributed by atoms with Crippen LogP contribution in [-0.4, -0.2) is 80.2 Å². The zero-order valence-corrected chi connectivity index (χ0v) is 25.4. The Kier molecular flexibility index (Phi) is 9.39. The number of aldehydes is 1. The molecule has 2 aliphatic heterocycles. The number of primary amides is 1. The lowest BCUT2D eigenvalue weighted by Gasteiger charge is -2.40. The van der Waals surface area contributed by atoms with Crippen molar-refractivity contribution in [3.8, 4) is 0 Å². The summed E-state index contributed by atoms with van der Waals surface area (Å²) in [4.78, 5) is 54.2. The molecule has 242 valence electrons. The summed E-state index contributed by atoms with van der Waals surface area (Å²) >= 11 is 0. The molecular formula is C32H33FN4O8S. The number of carboxylic acids is 1. The van der Waals surface area contributed by atoms with Gasteiger partial charge in [0.25, 0.3) is 0 Å². The third-order valence-corrected chi connectivity index (χ3v) is 10.7. The predicted molar refractivity (Wildman–Crippen MR) is 164 cm³/mol. The molecule has 0 spiro atoms. The molecule has 5 rings (SSSR count). The lowest BCUT2D eigenvalue weighted by molar-refractivity contribution is -0.146. The van der Waals surface area contributed by atoms with E-state index in [1.165, 1.54) is 70.5 Å². The van der Waals surface area contributed by atoms with Crippen LogP contribution in [0.1, 0.15) is 30.0 Å². The number of nitrogens with one attached hydrogen (secondary N) is 1. The molecule has 4 unspecified atom stereocenters. The van der Waals surface area contributed by atoms with E-state index in [2.05, 4.69) is 5.32 Å². The number of urea groups is 1. The molecule has 3 amide bonds. The minimum absolute atomic E-state index is 0.00567. The van der Waals surface area contributed by atoms with Gasteiger partial charge in [0.15, 0.2) is 15.4 Å². The number of nitrogens with two attached hydrogens (primary N) is 1. The zero-order valence-electron chi connectivity index (χ0n) is 24.6. The maximum atomic E-state index is 15.8. The Balaban J connectivity index is 1.81. The highest BCUT2D eigenvalue weighted by atomic mass is 32.2. The smallest absolute Gasteiger partial charge is 0.334 e. The topological polar surface area (TPSA) is 176 Å². The number of halogens is 1. The van der Waals surface area contributed by atoms with Gasteiger partial charge in [-0.2, -0.15) is 0 Å². The number of benzene rings is 3. The van der Waals surface area contributed by atoms with E-state index in [0.29, 0.717) is 6.29 Å². The number of amides is 3. The molecule has 2 fully saturated rings. The normalized spacial score (nSPS) is 21.3. The summed E-state index contributed by atoms with van der Waals surface area (Å²) in [6.45, 7) is 0.945. The molecule has 4 atom stereocenters. The number of rotatable bonds is 10. The molecular weight excluding hydrogens is 619 g/mol. The first-order valence-electron chi connectivity index (χ1n) is 14.6. The van der Waals surface area contributed by atoms with Gasteiger partial charge in [0, 0.05) is 36.3 Å². The highest BCUT2D eigenvalue weighted by molar-refractivity contribution is 7.92. The molecule has 3 aromatic rings. The number of carbonyl (C=O) groups is 4. The summed E-state index contributed by atoms with van der Waals surface area (Å²) < 4.78 is 50.0. The number of para-hydroxylation sites is 1. The third-order valence-electron chi connectivity index (χ3n) is 8.48. The Morgan fingerprint density at radius 3 is 2.26 bits per heavy atom. The number of morpholine rings is 1. The monoisotopic (exact) mass is 652 g/mol. The van der Waals surface area contributed by atoms with Crippen LogP contribution in [0.25, 0.3) is 0 Å². The number of hydrogen-bond donors (Lipinski definition) is 3. The van der Waals surface area contributed by atoms with Crippen molar-refractivity contribution in [1.29, 1.82) is 0 Å². The van der Waals surface area contributed by atoms with E-state index in [-0.39, 0.29) is 54.4 Å². The predicted octanol–water partition coefficient (Wildman–Crippen LogP) is 2.38. The molecule has 4 N–H and O–H groups in total. The van der Waals surface area contributed by atoms with Crippen LogP contribution >= 0.6 is 0 Å². The van der Waals surface area contributed by atoms with Crippen LogP contribution in [0.15, 0.2) is 83.8 Å². The minimum atomic E-state index is -4.25. The number of nitrogens with zero attached hydrogens (tertiary/aromatic N) is 2. The van der Waals surface area contributed by atoms with Gasteiger partial charge in [-0.25, -0.2) is 22.4 Å². The lowest BCUT2D eigenvalue weighted by Crippen LogP contribution is -2.55. The number of anilines is 1. The van der Waals surface area contributed by atoms with Crippen LogP contribution in [0.3, 0.4) is 0 Å². The molecule has 0 saturated carbocycles. The van der Waals surface area contributed by atoms with Gasteiger partial charge in [0.2, 0.25) is 5.91 Å². The van der Waals surface area contributed by atoms with E-state index in [9.17, 15) is 32.7 Å². The van der Waals surface area contributed by atoms with E-state index >= 15 is 4.39 Å². The number of ether oxygens (including phenoxy) is 1. The van der Waals surface area contributed by atoms with E-state index in [0.717, 1.165) is 0 Å². The lowest BCUT2D eigenvalue weighted by atomic mass is 9.85. The van der Waals surface area contributed by atoms with Crippen molar-refractivity contribution in [2.24, 2.45) is 5.73 Å². The molecule has 2 aliphatic rings. The van der Waals surface area contributed by atoms with Crippen LogP contribution in [0.4, 0.5) is 14.9 Å². The first-order valence-corrected chi connectivity index (χ1v) is 16.1. The Hall–Kier alpha value is -4.82. The molecule has 2 saturated heterocycles. The first-order chi connectivity index (χ1) is 22.0. The first kappa shape index (κ1) is 32.6. The van der Waals surface area contributed by atoms with Crippen molar-refractivity contribution in [3.63, 3.8) is 0 Å². The highest BCUT2D eigenvalue weighted by Gasteiger charge is 2.54. The van der Waals surface area contributed by atoms with Gasteiger partial charge < -0.3 is 35.5 Å². The summed E-state index contributed by atoms with van der Waals surface area (Å²) in [5, 5.41) is 11.3. The third kappa shape index (κ3) is 5.93. The van der Waals surface area contributed by atoms with Crippen LogP contribution in [0, 0.1) is 5.82 Å². The Morgan fingerprint density at radius 2 is 1.63 bits per heavy atom. The Bertz CT molecular complexity index is 1730. The van der Waals surface area contributed by atoms with Crippen molar-refractivity contribution in [2.45, 2.75) is 40.6 Å². The molecule has 0 aromatic heterocycles. The fourth-order valence-electron chi connectivity index (χ4n) is 6.39. The second-order valence-corrected chi connectivity index (χ2v) is 13.2. The second kappa shape index (κ2) is 13.3. The minimum Gasteiger partial charge on any atom is -0.479 e. The standard InChI is InChI=1S/C32H33FN4O8S/c33-24-12-6-4-10-22(24)28-27(46(43,44)21-8-2-1-3-9-21)20-26(29(39)36-15-18-45-19-16-36)37(28)25-13-7-5-11-23(25)32(14-17-38,30(40)41)35-31(34)42/h1-13,17,26-28H,14-16,18-20H2,(H,40,41)(H3,34,35,42). The maximum Gasteiger partial charge on any atom is 0.334 e. The fraction of sp³-hybridized carbons (Fsp3) is 0.312. The van der Waals surface area contributed by atoms with Gasteiger partial charge in [0.1, 0.15) is 18.1 Å². The van der Waals surface area contributed by atoms with Gasteiger partial charge in [-0.05, 0) is 30.7 Å². The van der Waals surface area contributed by atoms with Crippen LogP contribution < -0.4 is 16.0 Å². The Labute approximate surface area is 264 Å².